The molecular weight excluding hydrogens is 713 g/mol. The molecular formula is C49H68N2O6. The minimum atomic E-state index is -0.838. The van der Waals surface area contributed by atoms with Gasteiger partial charge in [0.15, 0.2) is 0 Å². The molecule has 0 aromatic heterocycles. The highest BCUT2D eigenvalue weighted by Crippen LogP contribution is 2.40. The Morgan fingerprint density at radius 1 is 0.614 bits per heavy atom. The Morgan fingerprint density at radius 2 is 1.02 bits per heavy atom. The molecule has 0 heterocycles. The molecule has 6 rings (SSSR count). The molecule has 0 unspecified atom stereocenters. The molecule has 0 saturated heterocycles. The lowest BCUT2D eigenvalue weighted by Crippen LogP contribution is -2.30. The van der Waals surface area contributed by atoms with E-state index in [1.54, 1.807) is 0 Å². The number of carbonyl (C=O) groups excluding carboxylic acids is 1. The number of carboxylic acids is 1. The fourth-order valence-electron chi connectivity index (χ4n) is 8.64. The smallest absolute Gasteiger partial charge is 0.319 e. The first-order chi connectivity index (χ1) is 27.0. The van der Waals surface area contributed by atoms with Crippen LogP contribution >= 0.6 is 0 Å². The van der Waals surface area contributed by atoms with Crippen molar-refractivity contribution in [3.05, 3.63) is 82.9 Å². The lowest BCUT2D eigenvalue weighted by atomic mass is 9.72. The number of rotatable bonds is 12. The van der Waals surface area contributed by atoms with Gasteiger partial charge in [-0.05, 0) is 168 Å². The van der Waals surface area contributed by atoms with E-state index in [-0.39, 0.29) is 19.1 Å². The number of methoxy groups -OCH3 is 1. The Hall–Kier alpha value is -4.14. The van der Waals surface area contributed by atoms with E-state index in [0.717, 1.165) is 60.1 Å². The molecule has 2 aliphatic rings. The first-order valence-electron chi connectivity index (χ1n) is 21.1. The molecule has 2 saturated carbocycles. The van der Waals surface area contributed by atoms with E-state index in [1.165, 1.54) is 65.5 Å². The molecule has 310 valence electrons. The van der Waals surface area contributed by atoms with Gasteiger partial charge in [-0.15, -0.1) is 0 Å². The first kappa shape index (κ1) is 44.0. The highest BCUT2D eigenvalue weighted by Gasteiger charge is 2.31. The van der Waals surface area contributed by atoms with Crippen LogP contribution < -0.4 is 20.1 Å². The second-order valence-corrected chi connectivity index (χ2v) is 18.7. The predicted octanol–water partition coefficient (Wildman–Crippen LogP) is 10.7. The van der Waals surface area contributed by atoms with E-state index < -0.39 is 5.97 Å². The number of carbonyl (C=O) groups is 2. The SMILES string of the molecule is COC(=O)CNCc1ccc2cc(OC3CCC(C(C)(C)C)CC3)cc(C)c2c1.Cc1cc(OC2CCC(C(C)(C)C)CC2)cc2ccc(CNCC(=O)O)cc12. The molecule has 57 heavy (non-hydrogen) atoms. The van der Waals surface area contributed by atoms with Gasteiger partial charge in [-0.25, -0.2) is 0 Å². The zero-order valence-corrected chi connectivity index (χ0v) is 36.1. The summed E-state index contributed by atoms with van der Waals surface area (Å²) in [4.78, 5) is 21.9. The van der Waals surface area contributed by atoms with Crippen LogP contribution in [0.15, 0.2) is 60.7 Å². The van der Waals surface area contributed by atoms with Gasteiger partial charge in [-0.2, -0.15) is 0 Å². The Balaban J connectivity index is 0.000000218. The van der Waals surface area contributed by atoms with E-state index in [9.17, 15) is 9.59 Å². The molecule has 2 aliphatic carbocycles. The fraction of sp³-hybridized carbons (Fsp3) is 0.551. The van der Waals surface area contributed by atoms with Crippen LogP contribution in [0, 0.1) is 36.5 Å². The number of fused-ring (bicyclic) bond motifs is 2. The monoisotopic (exact) mass is 781 g/mol. The van der Waals surface area contributed by atoms with E-state index in [1.807, 2.05) is 0 Å². The summed E-state index contributed by atoms with van der Waals surface area (Å²) in [5.41, 5.74) is 5.44. The molecule has 8 nitrogen and oxygen atoms in total. The maximum absolute atomic E-state index is 11.2. The Morgan fingerprint density at radius 3 is 1.39 bits per heavy atom. The van der Waals surface area contributed by atoms with Crippen molar-refractivity contribution in [2.24, 2.45) is 22.7 Å². The average Bonchev–Trinajstić information content (AvgIpc) is 3.15. The number of carboxylic acid groups (broad SMARTS) is 1. The Bertz CT molecular complexity index is 1960. The molecule has 0 atom stereocenters. The number of nitrogens with one attached hydrogen (secondary N) is 2. The Labute approximate surface area is 341 Å². The average molecular weight is 781 g/mol. The van der Waals surface area contributed by atoms with Crippen LogP contribution in [0.2, 0.25) is 0 Å². The van der Waals surface area contributed by atoms with Crippen LogP contribution in [-0.4, -0.2) is 49.5 Å². The summed E-state index contributed by atoms with van der Waals surface area (Å²) >= 11 is 0. The number of hydrogen-bond acceptors (Lipinski definition) is 7. The van der Waals surface area contributed by atoms with Gasteiger partial charge in [0, 0.05) is 13.1 Å². The number of ether oxygens (including phenoxy) is 3. The predicted molar refractivity (Wildman–Crippen MR) is 232 cm³/mol. The van der Waals surface area contributed by atoms with Gasteiger partial charge in [0.1, 0.15) is 11.5 Å². The Kier molecular flexibility index (Phi) is 15.1. The minimum Gasteiger partial charge on any atom is -0.490 e. The number of hydrogen-bond donors (Lipinski definition) is 3. The summed E-state index contributed by atoms with van der Waals surface area (Å²) in [6, 6.07) is 21.3. The molecule has 0 amide bonds. The highest BCUT2D eigenvalue weighted by atomic mass is 16.5. The zero-order valence-electron chi connectivity index (χ0n) is 36.1. The summed E-state index contributed by atoms with van der Waals surface area (Å²) in [6.45, 7) is 19.7. The van der Waals surface area contributed by atoms with Gasteiger partial charge in [-0.1, -0.05) is 65.8 Å². The summed E-state index contributed by atoms with van der Waals surface area (Å²) in [5, 5.41) is 19.6. The fourth-order valence-corrected chi connectivity index (χ4v) is 8.64. The van der Waals surface area contributed by atoms with Crippen LogP contribution in [0.4, 0.5) is 0 Å². The van der Waals surface area contributed by atoms with Crippen molar-refractivity contribution in [1.82, 2.24) is 10.6 Å². The molecule has 4 aromatic carbocycles. The van der Waals surface area contributed by atoms with Gasteiger partial charge in [0.05, 0.1) is 32.4 Å². The molecule has 0 bridgehead atoms. The molecule has 0 spiro atoms. The van der Waals surface area contributed by atoms with E-state index in [2.05, 4.69) is 131 Å². The molecule has 4 aromatic rings. The second-order valence-electron chi connectivity index (χ2n) is 18.7. The maximum atomic E-state index is 11.2. The van der Waals surface area contributed by atoms with Crippen LogP contribution in [0.1, 0.15) is 115 Å². The van der Waals surface area contributed by atoms with Crippen LogP contribution in [0.25, 0.3) is 21.5 Å². The summed E-state index contributed by atoms with van der Waals surface area (Å²) in [6.07, 6.45) is 10.2. The zero-order chi connectivity index (χ0) is 41.3. The van der Waals surface area contributed by atoms with Gasteiger partial charge < -0.3 is 30.0 Å². The van der Waals surface area contributed by atoms with Crippen molar-refractivity contribution in [3.63, 3.8) is 0 Å². The maximum Gasteiger partial charge on any atom is 0.319 e. The third-order valence-corrected chi connectivity index (χ3v) is 12.2. The third kappa shape index (κ3) is 12.9. The standard InChI is InChI=1S/C25H35NO3.C24H33NO3/c1-17-12-22(29-21-10-8-20(9-11-21)25(2,3)4)14-19-7-6-18(13-23(17)19)15-26-16-24(27)28-5;1-16-11-21(28-20-9-7-19(8-10-20)24(2,3)4)13-18-6-5-17(12-22(16)18)14-25-15-23(26)27/h6-7,12-14,20-21,26H,8-11,15-16H2,1-5H3;5-6,11-13,19-20,25H,7-10,14-15H2,1-4H3,(H,26,27). The van der Waals surface area contributed by atoms with Crippen molar-refractivity contribution < 1.29 is 28.9 Å². The van der Waals surface area contributed by atoms with E-state index >= 15 is 0 Å². The van der Waals surface area contributed by atoms with Gasteiger partial charge in [-0.3, -0.25) is 9.59 Å². The van der Waals surface area contributed by atoms with Crippen molar-refractivity contribution in [3.8, 4) is 11.5 Å². The summed E-state index contributed by atoms with van der Waals surface area (Å²) in [5.74, 6) is 2.44. The van der Waals surface area contributed by atoms with Gasteiger partial charge in [0.25, 0.3) is 0 Å². The van der Waals surface area contributed by atoms with Crippen molar-refractivity contribution in [1.29, 1.82) is 0 Å². The van der Waals surface area contributed by atoms with E-state index in [4.69, 9.17) is 14.6 Å². The third-order valence-electron chi connectivity index (χ3n) is 12.2. The van der Waals surface area contributed by atoms with Crippen molar-refractivity contribution in [2.45, 2.75) is 132 Å². The second kappa shape index (κ2) is 19.5. The lowest BCUT2D eigenvalue weighted by molar-refractivity contribution is -0.139. The molecule has 2 fully saturated rings. The molecule has 3 N–H and O–H groups in total. The van der Waals surface area contributed by atoms with E-state index in [0.29, 0.717) is 36.1 Å². The number of aryl methyl sites for hydroxylation is 2. The minimum absolute atomic E-state index is 0.0265. The van der Waals surface area contributed by atoms with Crippen molar-refractivity contribution in [2.75, 3.05) is 20.2 Å². The number of aliphatic carboxylic acids is 1. The van der Waals surface area contributed by atoms with Gasteiger partial charge in [0.2, 0.25) is 0 Å². The summed E-state index contributed by atoms with van der Waals surface area (Å²) < 4.78 is 17.4. The normalized spacial score (nSPS) is 20.1. The topological polar surface area (TPSA) is 106 Å². The van der Waals surface area contributed by atoms with Crippen LogP contribution in [-0.2, 0) is 27.4 Å². The summed E-state index contributed by atoms with van der Waals surface area (Å²) in [7, 11) is 1.40. The first-order valence-corrected chi connectivity index (χ1v) is 21.1. The number of esters is 1. The number of benzene rings is 4. The lowest BCUT2D eigenvalue weighted by Gasteiger charge is -2.37. The largest absolute Gasteiger partial charge is 0.490 e. The molecule has 0 aliphatic heterocycles. The quantitative estimate of drug-likeness (QED) is 0.122. The molecule has 0 radical (unpaired) electrons. The van der Waals surface area contributed by atoms with Crippen LogP contribution in [0.3, 0.4) is 0 Å². The van der Waals surface area contributed by atoms with Crippen molar-refractivity contribution >= 4 is 33.5 Å². The van der Waals surface area contributed by atoms with Crippen LogP contribution in [0.5, 0.6) is 11.5 Å². The highest BCUT2D eigenvalue weighted by molar-refractivity contribution is 5.88. The molecule has 8 heteroatoms. The van der Waals surface area contributed by atoms with Gasteiger partial charge >= 0.3 is 11.9 Å².